The van der Waals surface area contributed by atoms with Crippen LogP contribution in [0.15, 0.2) is 47.5 Å². The Morgan fingerprint density at radius 1 is 1.06 bits per heavy atom. The molecule has 4 rings (SSSR count). The maximum absolute atomic E-state index is 6.44. The Balaban J connectivity index is 1.71. The number of halogens is 1. The van der Waals surface area contributed by atoms with Crippen LogP contribution in [0.1, 0.15) is 69.2 Å². The molecule has 0 fully saturated rings. The first kappa shape index (κ1) is 23.2. The molecule has 0 bridgehead atoms. The molecule has 1 aliphatic carbocycles. The highest BCUT2D eigenvalue weighted by Crippen LogP contribution is 2.42. The normalized spacial score (nSPS) is 22.4. The highest BCUT2D eigenvalue weighted by molar-refractivity contribution is 6.30. The Bertz CT molecular complexity index is 1010. The summed E-state index contributed by atoms with van der Waals surface area (Å²) in [6, 6.07) is 13.0. The van der Waals surface area contributed by atoms with Crippen LogP contribution in [0.5, 0.6) is 11.5 Å². The smallest absolute Gasteiger partial charge is 0.161 e. The van der Waals surface area contributed by atoms with Gasteiger partial charge in [-0.15, -0.1) is 0 Å². The molecule has 2 atom stereocenters. The molecule has 1 aliphatic heterocycles. The minimum atomic E-state index is 0.241. The van der Waals surface area contributed by atoms with Crippen molar-refractivity contribution >= 4 is 11.6 Å². The second-order valence-electron chi connectivity index (χ2n) is 10.0. The van der Waals surface area contributed by atoms with Crippen LogP contribution in [0.4, 0.5) is 0 Å². The highest BCUT2D eigenvalue weighted by Gasteiger charge is 2.35. The largest absolute Gasteiger partial charge is 0.493 e. The molecule has 2 aromatic rings. The van der Waals surface area contributed by atoms with E-state index >= 15 is 0 Å². The summed E-state index contributed by atoms with van der Waals surface area (Å²) in [5.41, 5.74) is 7.57. The first-order valence-corrected chi connectivity index (χ1v) is 12.3. The van der Waals surface area contributed by atoms with Crippen LogP contribution in [-0.4, -0.2) is 27.3 Å². The van der Waals surface area contributed by atoms with Crippen molar-refractivity contribution in [2.75, 3.05) is 27.3 Å². The quantitative estimate of drug-likeness (QED) is 0.557. The molecule has 0 saturated carbocycles. The van der Waals surface area contributed by atoms with Crippen LogP contribution in [0.3, 0.4) is 0 Å². The summed E-state index contributed by atoms with van der Waals surface area (Å²) in [6.07, 6.45) is 6.08. The molecular formula is C28H37ClNO2+. The molecule has 2 aliphatic rings. The van der Waals surface area contributed by atoms with E-state index < -0.39 is 0 Å². The Hall–Kier alpha value is -1.97. The number of fused-ring (bicyclic) bond motifs is 1. The third-order valence-corrected chi connectivity index (χ3v) is 7.88. The second kappa shape index (κ2) is 9.49. The van der Waals surface area contributed by atoms with E-state index in [1.165, 1.54) is 36.0 Å². The van der Waals surface area contributed by atoms with E-state index in [9.17, 15) is 0 Å². The van der Waals surface area contributed by atoms with E-state index in [0.717, 1.165) is 42.5 Å². The maximum Gasteiger partial charge on any atom is 0.161 e. The minimum Gasteiger partial charge on any atom is -0.493 e. The predicted molar refractivity (Wildman–Crippen MR) is 132 cm³/mol. The van der Waals surface area contributed by atoms with Gasteiger partial charge in [-0.2, -0.15) is 0 Å². The molecule has 0 amide bonds. The van der Waals surface area contributed by atoms with Crippen LogP contribution in [-0.2, 0) is 6.42 Å². The molecule has 0 saturated heterocycles. The van der Waals surface area contributed by atoms with Gasteiger partial charge in [0.15, 0.2) is 11.5 Å². The van der Waals surface area contributed by atoms with Crippen molar-refractivity contribution < 1.29 is 14.4 Å². The lowest BCUT2D eigenvalue weighted by atomic mass is 9.71. The molecule has 0 spiro atoms. The van der Waals surface area contributed by atoms with E-state index in [1.54, 1.807) is 30.3 Å². The lowest BCUT2D eigenvalue weighted by Gasteiger charge is -2.38. The molecule has 0 aromatic heterocycles. The summed E-state index contributed by atoms with van der Waals surface area (Å²) in [5.74, 6) is 1.61. The second-order valence-corrected chi connectivity index (χ2v) is 10.5. The van der Waals surface area contributed by atoms with Crippen molar-refractivity contribution in [3.63, 3.8) is 0 Å². The van der Waals surface area contributed by atoms with E-state index in [0.29, 0.717) is 5.41 Å². The molecule has 32 heavy (non-hydrogen) atoms. The Labute approximate surface area is 198 Å². The molecule has 172 valence electrons. The first-order chi connectivity index (χ1) is 15.3. The minimum absolute atomic E-state index is 0.241. The fourth-order valence-electron chi connectivity index (χ4n) is 5.96. The van der Waals surface area contributed by atoms with Crippen molar-refractivity contribution in [2.45, 2.75) is 58.9 Å². The van der Waals surface area contributed by atoms with Crippen LogP contribution in [0.25, 0.3) is 0 Å². The van der Waals surface area contributed by atoms with Gasteiger partial charge in [0.05, 0.1) is 27.3 Å². The number of allylic oxidation sites excluding steroid dienone is 1. The molecule has 0 radical (unpaired) electrons. The Kier molecular flexibility index (Phi) is 6.88. The van der Waals surface area contributed by atoms with E-state index in [-0.39, 0.29) is 6.04 Å². The van der Waals surface area contributed by atoms with Crippen molar-refractivity contribution in [3.05, 3.63) is 69.3 Å². The zero-order chi connectivity index (χ0) is 22.9. The fourth-order valence-corrected chi connectivity index (χ4v) is 6.16. The zero-order valence-electron chi connectivity index (χ0n) is 20.2. The molecular weight excluding hydrogens is 418 g/mol. The van der Waals surface area contributed by atoms with Crippen LogP contribution in [0, 0.1) is 5.41 Å². The van der Waals surface area contributed by atoms with Crippen molar-refractivity contribution in [1.29, 1.82) is 0 Å². The highest BCUT2D eigenvalue weighted by atomic mass is 35.5. The summed E-state index contributed by atoms with van der Waals surface area (Å²) < 4.78 is 11.3. The summed E-state index contributed by atoms with van der Waals surface area (Å²) in [5, 5.41) is 0.793. The van der Waals surface area contributed by atoms with Gasteiger partial charge >= 0.3 is 0 Å². The first-order valence-electron chi connectivity index (χ1n) is 11.9. The molecule has 1 heterocycles. The fraction of sp³-hybridized carbons (Fsp3) is 0.500. The van der Waals surface area contributed by atoms with Gasteiger partial charge in [0.2, 0.25) is 0 Å². The third-order valence-electron chi connectivity index (χ3n) is 7.64. The van der Waals surface area contributed by atoms with Crippen LogP contribution >= 0.6 is 11.6 Å². The van der Waals surface area contributed by atoms with Gasteiger partial charge in [-0.05, 0) is 61.4 Å². The average molecular weight is 455 g/mol. The van der Waals surface area contributed by atoms with Gasteiger partial charge in [0, 0.05) is 29.0 Å². The van der Waals surface area contributed by atoms with E-state index in [4.69, 9.17) is 21.1 Å². The number of hydrogen-bond donors (Lipinski definition) is 1. The molecule has 1 unspecified atom stereocenters. The molecule has 2 aromatic carbocycles. The van der Waals surface area contributed by atoms with Gasteiger partial charge in [0.25, 0.3) is 0 Å². The average Bonchev–Trinajstić information content (AvgIpc) is 2.77. The van der Waals surface area contributed by atoms with Gasteiger partial charge in [-0.3, -0.25) is 0 Å². The molecule has 4 heteroatoms. The standard InChI is InChI=1S/C28H36ClNO2/c1-19-8-7-13-28(2,3)24(19)12-15-30-14-11-20-17-25(31-4)26(32-5)18-23(20)27(30)21-9-6-10-22(29)16-21/h6,9-10,16-18,27H,7-8,11-15H2,1-5H3/p+1/t27-/m1/s1. The monoisotopic (exact) mass is 454 g/mol. The van der Waals surface area contributed by atoms with Crippen LogP contribution in [0.2, 0.25) is 5.02 Å². The van der Waals surface area contributed by atoms with Crippen molar-refractivity contribution in [2.24, 2.45) is 5.41 Å². The molecule has 3 nitrogen and oxygen atoms in total. The van der Waals surface area contributed by atoms with Gasteiger partial charge < -0.3 is 14.4 Å². The van der Waals surface area contributed by atoms with Crippen molar-refractivity contribution in [3.8, 4) is 11.5 Å². The summed E-state index contributed by atoms with van der Waals surface area (Å²) >= 11 is 6.44. The SMILES string of the molecule is COc1cc2c(cc1OC)[C@@H](c1cccc(Cl)c1)[NH+](CCC1=C(C)CCCC1(C)C)CC2. The number of benzene rings is 2. The van der Waals surface area contributed by atoms with Crippen molar-refractivity contribution in [1.82, 2.24) is 0 Å². The number of nitrogens with one attached hydrogen (secondary N) is 1. The number of methoxy groups -OCH3 is 2. The Morgan fingerprint density at radius 2 is 1.81 bits per heavy atom. The number of hydrogen-bond acceptors (Lipinski definition) is 2. The summed E-state index contributed by atoms with van der Waals surface area (Å²) in [4.78, 5) is 1.61. The third kappa shape index (κ3) is 4.56. The van der Waals surface area contributed by atoms with E-state index in [2.05, 4.69) is 51.1 Å². The number of rotatable bonds is 6. The lowest BCUT2D eigenvalue weighted by Crippen LogP contribution is -3.13. The summed E-state index contributed by atoms with van der Waals surface area (Å²) in [6.45, 7) is 9.44. The Morgan fingerprint density at radius 3 is 2.50 bits per heavy atom. The van der Waals surface area contributed by atoms with E-state index in [1.807, 2.05) is 6.07 Å². The lowest BCUT2D eigenvalue weighted by molar-refractivity contribution is -0.927. The summed E-state index contributed by atoms with van der Waals surface area (Å²) in [7, 11) is 3.42. The predicted octanol–water partition coefficient (Wildman–Crippen LogP) is 5.80. The van der Waals surface area contributed by atoms with Gasteiger partial charge in [0.1, 0.15) is 6.04 Å². The number of quaternary nitrogens is 1. The molecule has 1 N–H and O–H groups in total. The zero-order valence-corrected chi connectivity index (χ0v) is 20.9. The van der Waals surface area contributed by atoms with Gasteiger partial charge in [-0.1, -0.05) is 48.7 Å². The van der Waals surface area contributed by atoms with Crippen LogP contribution < -0.4 is 14.4 Å². The number of ether oxygens (including phenoxy) is 2. The topological polar surface area (TPSA) is 22.9 Å². The maximum atomic E-state index is 6.44. The van der Waals surface area contributed by atoms with Gasteiger partial charge in [-0.25, -0.2) is 0 Å².